The molecule has 0 saturated carbocycles. The molecule has 3 rings (SSSR count). The maximum absolute atomic E-state index is 12.2. The average molecular weight is 402 g/mol. The number of alkyl halides is 2. The molecular formula is C22H28F2N4O. The fourth-order valence-electron chi connectivity index (χ4n) is 2.60. The summed E-state index contributed by atoms with van der Waals surface area (Å²) in [6.07, 6.45) is -1.15. The van der Waals surface area contributed by atoms with Crippen LogP contribution in [0.3, 0.4) is 0 Å². The zero-order valence-electron chi connectivity index (χ0n) is 16.7. The second-order valence-electron chi connectivity index (χ2n) is 6.45. The van der Waals surface area contributed by atoms with Gasteiger partial charge in [-0.25, -0.2) is 8.78 Å². The molecule has 0 unspecified atom stereocenters. The number of ether oxygens (including phenoxy) is 1. The smallest absolute Gasteiger partial charge is 0.272 e. The molecule has 2 aromatic carbocycles. The van der Waals surface area contributed by atoms with Crippen LogP contribution in [0.25, 0.3) is 0 Å². The number of nitrogens with zero attached hydrogens (tertiary/aromatic N) is 3. The summed E-state index contributed by atoms with van der Waals surface area (Å²) in [5.74, 6) is 0.0304. The van der Waals surface area contributed by atoms with Crippen LogP contribution in [0.2, 0.25) is 0 Å². The first-order valence-electron chi connectivity index (χ1n) is 9.67. The topological polar surface area (TPSA) is 49.2 Å². The van der Waals surface area contributed by atoms with Gasteiger partial charge in [-0.05, 0) is 55.9 Å². The molecule has 5 nitrogen and oxygen atoms in total. The molecule has 0 spiro atoms. The van der Waals surface area contributed by atoms with E-state index in [2.05, 4.69) is 34.1 Å². The molecule has 0 aromatic heterocycles. The summed E-state index contributed by atoms with van der Waals surface area (Å²) in [4.78, 5) is 2.43. The van der Waals surface area contributed by atoms with Crippen LogP contribution in [0.15, 0.2) is 64.8 Å². The molecule has 0 amide bonds. The second-order valence-corrected chi connectivity index (χ2v) is 6.45. The Morgan fingerprint density at radius 2 is 1.83 bits per heavy atom. The van der Waals surface area contributed by atoms with E-state index in [-0.39, 0.29) is 5.90 Å². The minimum atomic E-state index is -2.57. The first-order valence-corrected chi connectivity index (χ1v) is 9.67. The van der Waals surface area contributed by atoms with Crippen molar-refractivity contribution in [2.75, 3.05) is 31.6 Å². The lowest BCUT2D eigenvalue weighted by molar-refractivity contribution is 0.0765. The van der Waals surface area contributed by atoms with Crippen LogP contribution in [-0.4, -0.2) is 50.2 Å². The highest BCUT2D eigenvalue weighted by molar-refractivity contribution is 5.94. The van der Waals surface area contributed by atoms with Crippen LogP contribution in [0, 0.1) is 0 Å². The number of para-hydroxylation sites is 1. The van der Waals surface area contributed by atoms with Crippen molar-refractivity contribution in [3.05, 3.63) is 65.7 Å². The zero-order valence-corrected chi connectivity index (χ0v) is 16.7. The summed E-state index contributed by atoms with van der Waals surface area (Å²) in [6, 6.07) is 17.1. The van der Waals surface area contributed by atoms with Crippen molar-refractivity contribution in [3.63, 3.8) is 0 Å². The molecule has 1 saturated heterocycles. The van der Waals surface area contributed by atoms with Crippen molar-refractivity contribution in [2.24, 2.45) is 10.2 Å². The minimum Gasteiger partial charge on any atom is -0.470 e. The highest BCUT2D eigenvalue weighted by Crippen LogP contribution is 2.11. The summed E-state index contributed by atoms with van der Waals surface area (Å²) in [5, 5.41) is 10.3. The Balaban J connectivity index is 0.000000426. The molecule has 0 bridgehead atoms. The van der Waals surface area contributed by atoms with Gasteiger partial charge in [0, 0.05) is 24.5 Å². The Morgan fingerprint density at radius 1 is 1.14 bits per heavy atom. The van der Waals surface area contributed by atoms with Crippen LogP contribution in [-0.2, 0) is 11.3 Å². The molecule has 29 heavy (non-hydrogen) atoms. The molecule has 7 heteroatoms. The second kappa shape index (κ2) is 12.6. The number of hydrogen-bond acceptors (Lipinski definition) is 5. The Hall–Kier alpha value is -2.80. The summed E-state index contributed by atoms with van der Waals surface area (Å²) in [5.41, 5.74) is 2.63. The van der Waals surface area contributed by atoms with Crippen LogP contribution in [0.5, 0.6) is 0 Å². The molecular weight excluding hydrogens is 374 g/mol. The third kappa shape index (κ3) is 8.39. The molecule has 0 atom stereocenters. The summed E-state index contributed by atoms with van der Waals surface area (Å²) < 4.78 is 29.4. The van der Waals surface area contributed by atoms with Gasteiger partial charge in [0.1, 0.15) is 0 Å². The van der Waals surface area contributed by atoms with E-state index in [9.17, 15) is 8.78 Å². The third-order valence-corrected chi connectivity index (χ3v) is 4.37. The van der Waals surface area contributed by atoms with Gasteiger partial charge in [-0.1, -0.05) is 37.3 Å². The van der Waals surface area contributed by atoms with Crippen LogP contribution >= 0.6 is 0 Å². The van der Waals surface area contributed by atoms with Gasteiger partial charge < -0.3 is 15.0 Å². The highest BCUT2D eigenvalue weighted by Gasteiger charge is 2.10. The van der Waals surface area contributed by atoms with Crippen molar-refractivity contribution < 1.29 is 13.5 Å². The van der Waals surface area contributed by atoms with E-state index in [1.54, 1.807) is 12.1 Å². The van der Waals surface area contributed by atoms with E-state index in [0.29, 0.717) is 12.1 Å². The van der Waals surface area contributed by atoms with Crippen LogP contribution in [0.1, 0.15) is 24.5 Å². The number of likely N-dealkylation sites (tertiary alicyclic amines) is 1. The van der Waals surface area contributed by atoms with Gasteiger partial charge in [0.2, 0.25) is 5.90 Å². The number of anilines is 1. The lowest BCUT2D eigenvalue weighted by atomic mass is 10.1. The molecule has 0 aliphatic carbocycles. The van der Waals surface area contributed by atoms with Crippen LogP contribution < -0.4 is 5.32 Å². The van der Waals surface area contributed by atoms with E-state index in [1.807, 2.05) is 42.5 Å². The maximum atomic E-state index is 12.2. The van der Waals surface area contributed by atoms with Crippen LogP contribution in [0.4, 0.5) is 14.5 Å². The summed E-state index contributed by atoms with van der Waals surface area (Å²) in [7, 11) is 0. The molecule has 1 heterocycles. The Morgan fingerprint density at radius 3 is 2.31 bits per heavy atom. The fraction of sp³-hybridized carbons (Fsp3) is 0.364. The zero-order chi connectivity index (χ0) is 20.9. The quantitative estimate of drug-likeness (QED) is 0.397. The minimum absolute atomic E-state index is 0.0304. The Bertz CT molecular complexity index is 744. The molecule has 1 aliphatic heterocycles. The Kier molecular flexibility index (Phi) is 9.78. The number of halogens is 2. The predicted octanol–water partition coefficient (Wildman–Crippen LogP) is 4.65. The summed E-state index contributed by atoms with van der Waals surface area (Å²) in [6.45, 7) is 9.28. The van der Waals surface area contributed by atoms with Gasteiger partial charge in [-0.3, -0.25) is 0 Å². The van der Waals surface area contributed by atoms with Crippen molar-refractivity contribution in [1.82, 2.24) is 4.90 Å². The van der Waals surface area contributed by atoms with Gasteiger partial charge in [0.25, 0.3) is 6.43 Å². The summed E-state index contributed by atoms with van der Waals surface area (Å²) >= 11 is 0. The first-order chi connectivity index (χ1) is 14.1. The van der Waals surface area contributed by atoms with Crippen molar-refractivity contribution in [2.45, 2.75) is 26.3 Å². The molecule has 1 aliphatic rings. The number of benzene rings is 2. The van der Waals surface area contributed by atoms with Crippen molar-refractivity contribution in [3.8, 4) is 0 Å². The van der Waals surface area contributed by atoms with Gasteiger partial charge in [-0.2, -0.15) is 5.10 Å². The van der Waals surface area contributed by atoms with E-state index in [0.717, 1.165) is 11.3 Å². The van der Waals surface area contributed by atoms with Gasteiger partial charge in [0.15, 0.2) is 6.61 Å². The van der Waals surface area contributed by atoms with E-state index < -0.39 is 13.0 Å². The van der Waals surface area contributed by atoms with E-state index in [4.69, 9.17) is 4.74 Å². The lowest BCUT2D eigenvalue weighted by Gasteiger charge is -2.28. The first kappa shape index (κ1) is 22.5. The van der Waals surface area contributed by atoms with Gasteiger partial charge in [0.05, 0.1) is 0 Å². The Labute approximate surface area is 171 Å². The molecule has 156 valence electrons. The molecule has 1 N–H and O–H groups in total. The standard InChI is InChI=1S/C17H17F2N3O.C5H11N/c1-20-22-17(23-12-16(18)19)14-9-7-13(8-10-14)11-21-15-5-3-2-4-6-15;1-2-6-4-3-5-6/h2-10,16,21H,1,11-12H2;2-5H2,1H3/b22-17-;. The highest BCUT2D eigenvalue weighted by atomic mass is 19.3. The number of hydrogen-bond donors (Lipinski definition) is 1. The molecule has 1 fully saturated rings. The third-order valence-electron chi connectivity index (χ3n) is 4.37. The van der Waals surface area contributed by atoms with Crippen molar-refractivity contribution >= 4 is 18.3 Å². The largest absolute Gasteiger partial charge is 0.470 e. The van der Waals surface area contributed by atoms with Gasteiger partial charge >= 0.3 is 0 Å². The number of nitrogens with one attached hydrogen (secondary N) is 1. The lowest BCUT2D eigenvalue weighted by Crippen LogP contribution is -2.36. The monoisotopic (exact) mass is 402 g/mol. The SMILES string of the molecule is C=N/N=C(\OCC(F)F)c1ccc(CNc2ccccc2)cc1.CCN1CCC1. The van der Waals surface area contributed by atoms with Gasteiger partial charge in [-0.15, -0.1) is 5.10 Å². The molecule has 0 radical (unpaired) electrons. The normalized spacial score (nSPS) is 13.9. The average Bonchev–Trinajstić information content (AvgIpc) is 2.70. The predicted molar refractivity (Wildman–Crippen MR) is 115 cm³/mol. The van der Waals surface area contributed by atoms with Crippen molar-refractivity contribution in [1.29, 1.82) is 0 Å². The van der Waals surface area contributed by atoms with E-state index >= 15 is 0 Å². The maximum Gasteiger partial charge on any atom is 0.272 e. The fourth-order valence-corrected chi connectivity index (χ4v) is 2.60. The number of rotatable bonds is 8. The van der Waals surface area contributed by atoms with E-state index in [1.165, 1.54) is 26.1 Å². The molecule has 2 aromatic rings.